The Kier molecular flexibility index (Phi) is 4.45. The van der Waals surface area contributed by atoms with E-state index < -0.39 is 0 Å². The molecule has 1 saturated heterocycles. The zero-order valence-electron chi connectivity index (χ0n) is 13.1. The van der Waals surface area contributed by atoms with E-state index in [0.29, 0.717) is 5.82 Å². The van der Waals surface area contributed by atoms with Crippen LogP contribution in [0, 0.1) is 5.92 Å². The summed E-state index contributed by atoms with van der Waals surface area (Å²) in [7, 11) is 0. The molecule has 0 saturated carbocycles. The van der Waals surface area contributed by atoms with Crippen LogP contribution >= 0.6 is 0 Å². The highest BCUT2D eigenvalue weighted by atomic mass is 16.2. The van der Waals surface area contributed by atoms with Gasteiger partial charge in [-0.1, -0.05) is 34.1 Å². The first-order valence-corrected chi connectivity index (χ1v) is 7.64. The van der Waals surface area contributed by atoms with Gasteiger partial charge in [0, 0.05) is 18.5 Å². The first-order valence-electron chi connectivity index (χ1n) is 7.64. The van der Waals surface area contributed by atoms with Crippen molar-refractivity contribution in [3.05, 3.63) is 11.6 Å². The quantitative estimate of drug-likeness (QED) is 0.904. The molecule has 1 atom stereocenters. The second-order valence-electron chi connectivity index (χ2n) is 6.76. The maximum atomic E-state index is 12.5. The average Bonchev–Trinajstić information content (AvgIpc) is 2.77. The molecule has 1 aliphatic heterocycles. The third kappa shape index (κ3) is 3.38. The van der Waals surface area contributed by atoms with Crippen LogP contribution in [0.4, 0.5) is 0 Å². The number of carbonyl (C=O) groups excluding carboxylic acids is 1. The SMILES string of the molecule is CCC1CCCN(C(=O)c2n[nH]c(C(C)(C)C)n2)CC1. The largest absolute Gasteiger partial charge is 0.336 e. The highest BCUT2D eigenvalue weighted by Gasteiger charge is 2.26. The van der Waals surface area contributed by atoms with E-state index in [1.165, 1.54) is 12.8 Å². The van der Waals surface area contributed by atoms with E-state index in [2.05, 4.69) is 42.9 Å². The van der Waals surface area contributed by atoms with Crippen molar-refractivity contribution in [2.24, 2.45) is 5.92 Å². The molecule has 2 heterocycles. The molecule has 0 radical (unpaired) electrons. The van der Waals surface area contributed by atoms with E-state index in [9.17, 15) is 4.79 Å². The van der Waals surface area contributed by atoms with Gasteiger partial charge in [-0.05, 0) is 25.2 Å². The summed E-state index contributed by atoms with van der Waals surface area (Å²) < 4.78 is 0. The van der Waals surface area contributed by atoms with E-state index in [4.69, 9.17) is 0 Å². The first kappa shape index (κ1) is 15.0. The van der Waals surface area contributed by atoms with Crippen LogP contribution in [0.5, 0.6) is 0 Å². The lowest BCUT2D eigenvalue weighted by atomic mass is 9.96. The predicted molar refractivity (Wildman–Crippen MR) is 78.6 cm³/mol. The molecule has 0 aromatic carbocycles. The zero-order chi connectivity index (χ0) is 14.8. The van der Waals surface area contributed by atoms with Gasteiger partial charge in [-0.15, -0.1) is 5.10 Å². The van der Waals surface area contributed by atoms with Crippen LogP contribution in [0.15, 0.2) is 0 Å². The fourth-order valence-electron chi connectivity index (χ4n) is 2.61. The second kappa shape index (κ2) is 5.94. The minimum atomic E-state index is -0.113. The molecule has 112 valence electrons. The third-order valence-electron chi connectivity index (χ3n) is 4.10. The number of hydrogen-bond donors (Lipinski definition) is 1. The number of aromatic amines is 1. The van der Waals surface area contributed by atoms with E-state index in [0.717, 1.165) is 37.7 Å². The summed E-state index contributed by atoms with van der Waals surface area (Å²) in [5.74, 6) is 1.80. The smallest absolute Gasteiger partial charge is 0.293 e. The molecule has 1 aromatic heterocycles. The summed E-state index contributed by atoms with van der Waals surface area (Å²) in [5, 5.41) is 6.99. The summed E-state index contributed by atoms with van der Waals surface area (Å²) in [6.45, 7) is 10.1. The van der Waals surface area contributed by atoms with Crippen molar-refractivity contribution in [3.63, 3.8) is 0 Å². The molecule has 1 amide bonds. The molecule has 5 nitrogen and oxygen atoms in total. The van der Waals surface area contributed by atoms with Crippen molar-refractivity contribution >= 4 is 5.91 Å². The monoisotopic (exact) mass is 278 g/mol. The Labute approximate surface area is 121 Å². The van der Waals surface area contributed by atoms with E-state index in [1.807, 2.05) is 4.90 Å². The molecule has 0 bridgehead atoms. The molecule has 1 fully saturated rings. The number of rotatable bonds is 2. The Bertz CT molecular complexity index is 461. The molecule has 1 aliphatic rings. The van der Waals surface area contributed by atoms with Crippen molar-refractivity contribution in [2.75, 3.05) is 13.1 Å². The van der Waals surface area contributed by atoms with Crippen molar-refractivity contribution < 1.29 is 4.79 Å². The number of aromatic nitrogens is 3. The Hall–Kier alpha value is -1.39. The lowest BCUT2D eigenvalue weighted by Crippen LogP contribution is -2.33. The molecule has 20 heavy (non-hydrogen) atoms. The number of nitrogens with zero attached hydrogens (tertiary/aromatic N) is 3. The normalized spacial score (nSPS) is 20.8. The Morgan fingerprint density at radius 3 is 2.70 bits per heavy atom. The average molecular weight is 278 g/mol. The second-order valence-corrected chi connectivity index (χ2v) is 6.76. The van der Waals surface area contributed by atoms with Gasteiger partial charge in [0.05, 0.1) is 0 Å². The van der Waals surface area contributed by atoms with Gasteiger partial charge in [0.1, 0.15) is 5.82 Å². The Balaban J connectivity index is 2.05. The lowest BCUT2D eigenvalue weighted by molar-refractivity contribution is 0.0748. The summed E-state index contributed by atoms with van der Waals surface area (Å²) >= 11 is 0. The summed E-state index contributed by atoms with van der Waals surface area (Å²) in [6.07, 6.45) is 4.61. The van der Waals surface area contributed by atoms with Crippen molar-refractivity contribution in [3.8, 4) is 0 Å². The Morgan fingerprint density at radius 2 is 2.10 bits per heavy atom. The summed E-state index contributed by atoms with van der Waals surface area (Å²) in [6, 6.07) is 0. The van der Waals surface area contributed by atoms with Gasteiger partial charge in [0.15, 0.2) is 0 Å². The van der Waals surface area contributed by atoms with E-state index >= 15 is 0 Å². The number of amides is 1. The number of H-pyrrole nitrogens is 1. The number of likely N-dealkylation sites (tertiary alicyclic amines) is 1. The van der Waals surface area contributed by atoms with Crippen molar-refractivity contribution in [1.29, 1.82) is 0 Å². The van der Waals surface area contributed by atoms with Crippen LogP contribution in [-0.4, -0.2) is 39.1 Å². The standard InChI is InChI=1S/C15H26N4O/c1-5-11-7-6-9-19(10-8-11)13(20)12-16-14(18-17-12)15(2,3)4/h11H,5-10H2,1-4H3,(H,16,17,18). The fraction of sp³-hybridized carbons (Fsp3) is 0.800. The van der Waals surface area contributed by atoms with Gasteiger partial charge in [-0.25, -0.2) is 4.98 Å². The van der Waals surface area contributed by atoms with Gasteiger partial charge in [-0.3, -0.25) is 9.89 Å². The molecular formula is C15H26N4O. The van der Waals surface area contributed by atoms with Gasteiger partial charge in [0.2, 0.25) is 5.82 Å². The lowest BCUT2D eigenvalue weighted by Gasteiger charge is -2.18. The van der Waals surface area contributed by atoms with Gasteiger partial charge in [0.25, 0.3) is 5.91 Å². The third-order valence-corrected chi connectivity index (χ3v) is 4.10. The van der Waals surface area contributed by atoms with Crippen LogP contribution in [0.25, 0.3) is 0 Å². The molecule has 1 aromatic rings. The van der Waals surface area contributed by atoms with Crippen LogP contribution in [0.1, 0.15) is 69.8 Å². The molecule has 5 heteroatoms. The van der Waals surface area contributed by atoms with Crippen molar-refractivity contribution in [2.45, 2.75) is 58.8 Å². The van der Waals surface area contributed by atoms with E-state index in [1.54, 1.807) is 0 Å². The van der Waals surface area contributed by atoms with Gasteiger partial charge < -0.3 is 4.90 Å². The molecule has 0 spiro atoms. The van der Waals surface area contributed by atoms with E-state index in [-0.39, 0.29) is 11.3 Å². The highest BCUT2D eigenvalue weighted by molar-refractivity contribution is 5.90. The molecule has 1 N–H and O–H groups in total. The summed E-state index contributed by atoms with van der Waals surface area (Å²) in [4.78, 5) is 18.7. The fourth-order valence-corrected chi connectivity index (χ4v) is 2.61. The topological polar surface area (TPSA) is 61.9 Å². The van der Waals surface area contributed by atoms with Crippen LogP contribution in [0.3, 0.4) is 0 Å². The molecule has 0 aliphatic carbocycles. The van der Waals surface area contributed by atoms with Gasteiger partial charge >= 0.3 is 0 Å². The van der Waals surface area contributed by atoms with Crippen LogP contribution < -0.4 is 0 Å². The van der Waals surface area contributed by atoms with Crippen LogP contribution in [-0.2, 0) is 5.41 Å². The minimum Gasteiger partial charge on any atom is -0.336 e. The predicted octanol–water partition coefficient (Wildman–Crippen LogP) is 2.75. The first-order chi connectivity index (χ1) is 9.41. The minimum absolute atomic E-state index is 0.0338. The molecule has 2 rings (SSSR count). The number of carbonyl (C=O) groups is 1. The van der Waals surface area contributed by atoms with Gasteiger partial charge in [-0.2, -0.15) is 0 Å². The highest BCUT2D eigenvalue weighted by Crippen LogP contribution is 2.22. The maximum absolute atomic E-state index is 12.5. The van der Waals surface area contributed by atoms with Crippen LogP contribution in [0.2, 0.25) is 0 Å². The molecular weight excluding hydrogens is 252 g/mol. The Morgan fingerprint density at radius 1 is 1.35 bits per heavy atom. The number of nitrogens with one attached hydrogen (secondary N) is 1. The van der Waals surface area contributed by atoms with Crippen molar-refractivity contribution in [1.82, 2.24) is 20.1 Å². The molecule has 1 unspecified atom stereocenters. The zero-order valence-corrected chi connectivity index (χ0v) is 13.1. The number of hydrogen-bond acceptors (Lipinski definition) is 3. The summed E-state index contributed by atoms with van der Waals surface area (Å²) in [5.41, 5.74) is -0.113. The maximum Gasteiger partial charge on any atom is 0.293 e.